The Morgan fingerprint density at radius 3 is 3.05 bits per heavy atom. The summed E-state index contributed by atoms with van der Waals surface area (Å²) >= 11 is 0. The predicted octanol–water partition coefficient (Wildman–Crippen LogP) is 1.96. The molecule has 2 heterocycles. The van der Waals surface area contributed by atoms with E-state index in [2.05, 4.69) is 20.3 Å². The maximum atomic E-state index is 11.6. The van der Waals surface area contributed by atoms with Gasteiger partial charge < -0.3 is 10.3 Å². The maximum absolute atomic E-state index is 11.6. The molecule has 2 N–H and O–H groups in total. The molecule has 0 radical (unpaired) electrons. The quantitative estimate of drug-likeness (QED) is 0.877. The molecule has 98 valence electrons. The van der Waals surface area contributed by atoms with Crippen molar-refractivity contribution in [3.8, 4) is 0 Å². The summed E-state index contributed by atoms with van der Waals surface area (Å²) in [5, 5.41) is 3.21. The van der Waals surface area contributed by atoms with E-state index in [0.29, 0.717) is 18.3 Å². The smallest absolute Gasteiger partial charge is 0.252 e. The third kappa shape index (κ3) is 2.81. The lowest BCUT2D eigenvalue weighted by Crippen LogP contribution is -2.13. The van der Waals surface area contributed by atoms with Crippen molar-refractivity contribution in [2.45, 2.75) is 32.2 Å². The van der Waals surface area contributed by atoms with Crippen LogP contribution >= 0.6 is 0 Å². The van der Waals surface area contributed by atoms with Gasteiger partial charge in [-0.15, -0.1) is 0 Å². The zero-order valence-electron chi connectivity index (χ0n) is 10.8. The Labute approximate surface area is 111 Å². The van der Waals surface area contributed by atoms with Gasteiger partial charge in [0.2, 0.25) is 0 Å². The Morgan fingerprint density at radius 1 is 1.47 bits per heavy atom. The molecule has 3 rings (SSSR count). The highest BCUT2D eigenvalue weighted by atomic mass is 16.1. The molecule has 0 amide bonds. The highest BCUT2D eigenvalue weighted by molar-refractivity contribution is 5.36. The van der Waals surface area contributed by atoms with Gasteiger partial charge in [0.25, 0.3) is 5.56 Å². The van der Waals surface area contributed by atoms with Crippen molar-refractivity contribution >= 4 is 5.82 Å². The highest BCUT2D eigenvalue weighted by Crippen LogP contribution is 2.37. The van der Waals surface area contributed by atoms with Crippen LogP contribution in [0.2, 0.25) is 0 Å². The van der Waals surface area contributed by atoms with Crippen LogP contribution in [0.15, 0.2) is 29.3 Å². The van der Waals surface area contributed by atoms with Gasteiger partial charge in [-0.05, 0) is 37.0 Å². The van der Waals surface area contributed by atoms with Crippen molar-refractivity contribution in [3.05, 3.63) is 51.8 Å². The van der Waals surface area contributed by atoms with E-state index >= 15 is 0 Å². The van der Waals surface area contributed by atoms with Crippen LogP contribution < -0.4 is 10.9 Å². The van der Waals surface area contributed by atoms with Gasteiger partial charge in [-0.2, -0.15) is 0 Å². The molecule has 1 aliphatic rings. The second-order valence-electron chi connectivity index (χ2n) is 4.95. The van der Waals surface area contributed by atoms with Gasteiger partial charge in [0, 0.05) is 30.9 Å². The normalized spacial score (nSPS) is 14.4. The number of aryl methyl sites for hydroxylation is 1. The number of anilines is 1. The number of hydrogen-bond donors (Lipinski definition) is 2. The highest BCUT2D eigenvalue weighted by Gasteiger charge is 2.26. The average Bonchev–Trinajstić information content (AvgIpc) is 3.21. The van der Waals surface area contributed by atoms with Crippen LogP contribution in [0, 0.1) is 6.92 Å². The molecule has 2 aromatic heterocycles. The number of aromatic amines is 1. The van der Waals surface area contributed by atoms with E-state index in [9.17, 15) is 4.79 Å². The summed E-state index contributed by atoms with van der Waals surface area (Å²) in [7, 11) is 0. The van der Waals surface area contributed by atoms with Crippen molar-refractivity contribution in [1.29, 1.82) is 0 Å². The van der Waals surface area contributed by atoms with Crippen LogP contribution in [-0.2, 0) is 6.54 Å². The van der Waals surface area contributed by atoms with Crippen molar-refractivity contribution in [3.63, 3.8) is 0 Å². The largest absolute Gasteiger partial charge is 0.366 e. The number of H-pyrrole nitrogens is 1. The molecule has 0 aliphatic heterocycles. The summed E-state index contributed by atoms with van der Waals surface area (Å²) in [5.74, 6) is 1.89. The van der Waals surface area contributed by atoms with Gasteiger partial charge in [0.1, 0.15) is 11.6 Å². The molecule has 0 aromatic carbocycles. The lowest BCUT2D eigenvalue weighted by atomic mass is 10.1. The zero-order chi connectivity index (χ0) is 13.2. The molecule has 1 fully saturated rings. The third-order valence-electron chi connectivity index (χ3n) is 3.32. The fourth-order valence-electron chi connectivity index (χ4n) is 2.00. The first-order valence-corrected chi connectivity index (χ1v) is 6.47. The standard InChI is InChI=1S/C14H16N4O/c1-9-7-15-5-4-11(9)8-16-12-6-13(19)18-14(17-12)10-2-3-10/h4-7,10H,2-3,8H2,1H3,(H2,16,17,18,19). The average molecular weight is 256 g/mol. The van der Waals surface area contributed by atoms with E-state index in [-0.39, 0.29) is 5.56 Å². The minimum absolute atomic E-state index is 0.0918. The van der Waals surface area contributed by atoms with Gasteiger partial charge >= 0.3 is 0 Å². The lowest BCUT2D eigenvalue weighted by molar-refractivity contribution is 0.902. The number of rotatable bonds is 4. The van der Waals surface area contributed by atoms with Crippen LogP contribution in [0.4, 0.5) is 5.82 Å². The fourth-order valence-corrected chi connectivity index (χ4v) is 2.00. The first-order chi connectivity index (χ1) is 9.22. The van der Waals surface area contributed by atoms with Crippen molar-refractivity contribution in [1.82, 2.24) is 15.0 Å². The van der Waals surface area contributed by atoms with Crippen LogP contribution in [-0.4, -0.2) is 15.0 Å². The minimum atomic E-state index is -0.0918. The van der Waals surface area contributed by atoms with E-state index in [1.54, 1.807) is 6.20 Å². The van der Waals surface area contributed by atoms with Gasteiger partial charge in [0.05, 0.1) is 0 Å². The topological polar surface area (TPSA) is 70.7 Å². The second kappa shape index (κ2) is 4.84. The molecular formula is C14H16N4O. The maximum Gasteiger partial charge on any atom is 0.252 e. The van der Waals surface area contributed by atoms with Crippen molar-refractivity contribution in [2.24, 2.45) is 0 Å². The van der Waals surface area contributed by atoms with Gasteiger partial charge in [-0.25, -0.2) is 4.98 Å². The Balaban J connectivity index is 1.76. The third-order valence-corrected chi connectivity index (χ3v) is 3.32. The molecule has 0 spiro atoms. The SMILES string of the molecule is Cc1cnccc1CNc1cc(=O)[nH]c(C2CC2)n1. The fraction of sp³-hybridized carbons (Fsp3) is 0.357. The first kappa shape index (κ1) is 11.9. The van der Waals surface area contributed by atoms with E-state index in [4.69, 9.17) is 0 Å². The number of pyridine rings is 1. The van der Waals surface area contributed by atoms with Crippen LogP contribution in [0.3, 0.4) is 0 Å². The van der Waals surface area contributed by atoms with E-state index in [0.717, 1.165) is 29.8 Å². The van der Waals surface area contributed by atoms with Crippen LogP contribution in [0.1, 0.15) is 35.7 Å². The molecular weight excluding hydrogens is 240 g/mol. The first-order valence-electron chi connectivity index (χ1n) is 6.47. The molecule has 0 bridgehead atoms. The van der Waals surface area contributed by atoms with Gasteiger partial charge in [0.15, 0.2) is 0 Å². The van der Waals surface area contributed by atoms with Gasteiger partial charge in [-0.3, -0.25) is 9.78 Å². The number of aromatic nitrogens is 3. The summed E-state index contributed by atoms with van der Waals surface area (Å²) in [5.41, 5.74) is 2.19. The molecule has 2 aromatic rings. The molecule has 19 heavy (non-hydrogen) atoms. The molecule has 5 nitrogen and oxygen atoms in total. The second-order valence-corrected chi connectivity index (χ2v) is 4.95. The summed E-state index contributed by atoms with van der Waals surface area (Å²) in [6, 6.07) is 3.47. The Bertz CT molecular complexity index is 646. The van der Waals surface area contributed by atoms with Gasteiger partial charge in [-0.1, -0.05) is 0 Å². The lowest BCUT2D eigenvalue weighted by Gasteiger charge is -2.08. The Kier molecular flexibility index (Phi) is 3.03. The van der Waals surface area contributed by atoms with Crippen LogP contribution in [0.5, 0.6) is 0 Å². The van der Waals surface area contributed by atoms with E-state index in [1.165, 1.54) is 6.07 Å². The predicted molar refractivity (Wildman–Crippen MR) is 73.1 cm³/mol. The molecule has 0 atom stereocenters. The summed E-state index contributed by atoms with van der Waals surface area (Å²) < 4.78 is 0. The van der Waals surface area contributed by atoms with Crippen molar-refractivity contribution < 1.29 is 0 Å². The Hall–Kier alpha value is -2.17. The molecule has 5 heteroatoms. The van der Waals surface area contributed by atoms with E-state index in [1.807, 2.05) is 19.2 Å². The van der Waals surface area contributed by atoms with E-state index < -0.39 is 0 Å². The van der Waals surface area contributed by atoms with Crippen molar-refractivity contribution in [2.75, 3.05) is 5.32 Å². The molecule has 0 unspecified atom stereocenters. The summed E-state index contributed by atoms with van der Waals surface area (Å²) in [6.45, 7) is 2.67. The number of nitrogens with zero attached hydrogens (tertiary/aromatic N) is 2. The Morgan fingerprint density at radius 2 is 2.32 bits per heavy atom. The summed E-state index contributed by atoms with van der Waals surface area (Å²) in [4.78, 5) is 22.9. The molecule has 1 saturated carbocycles. The van der Waals surface area contributed by atoms with Crippen LogP contribution in [0.25, 0.3) is 0 Å². The minimum Gasteiger partial charge on any atom is -0.366 e. The summed E-state index contributed by atoms with van der Waals surface area (Å²) in [6.07, 6.45) is 5.84. The number of hydrogen-bond acceptors (Lipinski definition) is 4. The molecule has 0 saturated heterocycles. The zero-order valence-corrected chi connectivity index (χ0v) is 10.8. The monoisotopic (exact) mass is 256 g/mol. The number of nitrogens with one attached hydrogen (secondary N) is 2. The molecule has 1 aliphatic carbocycles.